The minimum absolute atomic E-state index is 0.255. The number of aromatic amines is 1. The number of aromatic nitrogens is 1. The van der Waals surface area contributed by atoms with Crippen molar-refractivity contribution in [2.75, 3.05) is 7.11 Å². The largest absolute Gasteiger partial charge is 0.497 e. The van der Waals surface area contributed by atoms with Crippen molar-refractivity contribution in [3.63, 3.8) is 0 Å². The number of carboxylic acids is 1. The average Bonchev–Trinajstić information content (AvgIpc) is 2.96. The lowest BCUT2D eigenvalue weighted by Crippen LogP contribution is -1.97. The number of hydrogen-bond donors (Lipinski definition) is 2. The van der Waals surface area contributed by atoms with Crippen molar-refractivity contribution in [1.82, 2.24) is 4.98 Å². The van der Waals surface area contributed by atoms with Crippen molar-refractivity contribution in [2.45, 2.75) is 6.61 Å². The predicted octanol–water partition coefficient (Wildman–Crippen LogP) is 3.45. The van der Waals surface area contributed by atoms with Gasteiger partial charge in [0.15, 0.2) is 0 Å². The molecule has 0 amide bonds. The summed E-state index contributed by atoms with van der Waals surface area (Å²) in [6.07, 6.45) is 1.78. The molecule has 22 heavy (non-hydrogen) atoms. The van der Waals surface area contributed by atoms with Crippen LogP contribution in [0.5, 0.6) is 11.5 Å². The van der Waals surface area contributed by atoms with E-state index >= 15 is 0 Å². The molecule has 0 radical (unpaired) electrons. The molecule has 2 N–H and O–H groups in total. The molecule has 112 valence electrons. The lowest BCUT2D eigenvalue weighted by molar-refractivity contribution is 0.0699. The van der Waals surface area contributed by atoms with Crippen LogP contribution in [0.2, 0.25) is 0 Å². The Balaban J connectivity index is 1.85. The number of H-pyrrole nitrogens is 1. The molecule has 0 bridgehead atoms. The summed E-state index contributed by atoms with van der Waals surface area (Å²) in [6.45, 7) is 0.343. The first-order valence-corrected chi connectivity index (χ1v) is 6.78. The first-order chi connectivity index (χ1) is 10.7. The maximum Gasteiger partial charge on any atom is 0.337 e. The highest BCUT2D eigenvalue weighted by Crippen LogP contribution is 2.24. The molecule has 0 atom stereocenters. The van der Waals surface area contributed by atoms with Gasteiger partial charge in [0.05, 0.1) is 18.2 Å². The Hall–Kier alpha value is -2.95. The second-order valence-electron chi connectivity index (χ2n) is 4.81. The summed E-state index contributed by atoms with van der Waals surface area (Å²) in [5.41, 5.74) is 1.77. The van der Waals surface area contributed by atoms with E-state index in [1.165, 1.54) is 0 Å². The number of aromatic carboxylic acids is 1. The summed E-state index contributed by atoms with van der Waals surface area (Å²) in [5.74, 6) is 0.473. The second kappa shape index (κ2) is 5.81. The van der Waals surface area contributed by atoms with Gasteiger partial charge in [0.2, 0.25) is 0 Å². The number of methoxy groups -OCH3 is 1. The van der Waals surface area contributed by atoms with Crippen LogP contribution < -0.4 is 9.47 Å². The highest BCUT2D eigenvalue weighted by molar-refractivity contribution is 6.02. The van der Waals surface area contributed by atoms with E-state index in [9.17, 15) is 9.90 Å². The highest BCUT2D eigenvalue weighted by Gasteiger charge is 2.12. The number of hydrogen-bond acceptors (Lipinski definition) is 3. The first kappa shape index (κ1) is 14.0. The summed E-state index contributed by atoms with van der Waals surface area (Å²) >= 11 is 0. The summed E-state index contributed by atoms with van der Waals surface area (Å²) in [5, 5.41) is 10.0. The molecule has 5 nitrogen and oxygen atoms in total. The van der Waals surface area contributed by atoms with E-state index in [1.807, 2.05) is 24.3 Å². The Bertz CT molecular complexity index is 822. The molecule has 0 unspecified atom stereocenters. The molecule has 5 heteroatoms. The molecule has 3 rings (SSSR count). The van der Waals surface area contributed by atoms with Crippen LogP contribution in [-0.4, -0.2) is 23.2 Å². The van der Waals surface area contributed by atoms with Gasteiger partial charge in [0, 0.05) is 23.2 Å². The van der Waals surface area contributed by atoms with Crippen molar-refractivity contribution < 1.29 is 19.4 Å². The fourth-order valence-corrected chi connectivity index (χ4v) is 2.36. The van der Waals surface area contributed by atoms with Crippen molar-refractivity contribution >= 4 is 16.9 Å². The van der Waals surface area contributed by atoms with Gasteiger partial charge < -0.3 is 19.6 Å². The molecule has 0 aliphatic carbocycles. The molecule has 1 aromatic heterocycles. The molecule has 0 spiro atoms. The van der Waals surface area contributed by atoms with E-state index in [-0.39, 0.29) is 5.56 Å². The van der Waals surface area contributed by atoms with Crippen LogP contribution in [0.25, 0.3) is 10.9 Å². The first-order valence-electron chi connectivity index (χ1n) is 6.78. The van der Waals surface area contributed by atoms with Crippen molar-refractivity contribution in [1.29, 1.82) is 0 Å². The quantitative estimate of drug-likeness (QED) is 0.756. The van der Waals surface area contributed by atoms with Crippen LogP contribution >= 0.6 is 0 Å². The zero-order valence-electron chi connectivity index (χ0n) is 12.0. The third-order valence-corrected chi connectivity index (χ3v) is 3.47. The Morgan fingerprint density at radius 1 is 1.18 bits per heavy atom. The van der Waals surface area contributed by atoms with Gasteiger partial charge in [-0.05, 0) is 18.2 Å². The Labute approximate surface area is 127 Å². The molecule has 0 saturated carbocycles. The van der Waals surface area contributed by atoms with Crippen LogP contribution in [-0.2, 0) is 6.61 Å². The predicted molar refractivity (Wildman–Crippen MR) is 82.6 cm³/mol. The lowest BCUT2D eigenvalue weighted by Gasteiger charge is -2.07. The molecule has 1 heterocycles. The molecule has 0 aliphatic rings. The summed E-state index contributed by atoms with van der Waals surface area (Å²) in [4.78, 5) is 14.2. The van der Waals surface area contributed by atoms with Crippen LogP contribution in [0.4, 0.5) is 0 Å². The number of carbonyl (C=O) groups is 1. The van der Waals surface area contributed by atoms with Gasteiger partial charge in [-0.1, -0.05) is 18.2 Å². The van der Waals surface area contributed by atoms with Gasteiger partial charge in [-0.25, -0.2) is 4.79 Å². The Kier molecular flexibility index (Phi) is 3.70. The van der Waals surface area contributed by atoms with Crippen LogP contribution in [0, 0.1) is 0 Å². The third kappa shape index (κ3) is 2.61. The van der Waals surface area contributed by atoms with Crippen molar-refractivity contribution in [3.8, 4) is 11.5 Å². The monoisotopic (exact) mass is 297 g/mol. The highest BCUT2D eigenvalue weighted by atomic mass is 16.5. The van der Waals surface area contributed by atoms with Crippen LogP contribution in [0.1, 0.15) is 15.9 Å². The van der Waals surface area contributed by atoms with Gasteiger partial charge in [-0.15, -0.1) is 0 Å². The van der Waals surface area contributed by atoms with Crippen LogP contribution in [0.15, 0.2) is 48.7 Å². The van der Waals surface area contributed by atoms with Gasteiger partial charge in [0.1, 0.15) is 18.1 Å². The SMILES string of the molecule is COc1cccc(OCc2c[nH]c3c(C(=O)O)cccc23)c1. The summed E-state index contributed by atoms with van der Waals surface area (Å²) in [7, 11) is 1.60. The van der Waals surface area contributed by atoms with Gasteiger partial charge in [-0.3, -0.25) is 0 Å². The molecular weight excluding hydrogens is 282 g/mol. The van der Waals surface area contributed by atoms with E-state index < -0.39 is 5.97 Å². The van der Waals surface area contributed by atoms with E-state index in [4.69, 9.17) is 9.47 Å². The number of para-hydroxylation sites is 1. The van der Waals surface area contributed by atoms with E-state index in [0.29, 0.717) is 17.9 Å². The number of carboxylic acid groups (broad SMARTS) is 1. The summed E-state index contributed by atoms with van der Waals surface area (Å²) in [6, 6.07) is 12.5. The number of fused-ring (bicyclic) bond motifs is 1. The Morgan fingerprint density at radius 2 is 1.95 bits per heavy atom. The van der Waals surface area contributed by atoms with Gasteiger partial charge in [0.25, 0.3) is 0 Å². The fourth-order valence-electron chi connectivity index (χ4n) is 2.36. The standard InChI is InChI=1S/C17H15NO4/c1-21-12-4-2-5-13(8-12)22-10-11-9-18-16-14(11)6-3-7-15(16)17(19)20/h2-9,18H,10H2,1H3,(H,19,20). The number of nitrogens with one attached hydrogen (secondary N) is 1. The van der Waals surface area contributed by atoms with E-state index in [2.05, 4.69) is 4.98 Å². The third-order valence-electron chi connectivity index (χ3n) is 3.47. The summed E-state index contributed by atoms with van der Waals surface area (Å²) < 4.78 is 10.9. The Morgan fingerprint density at radius 3 is 2.73 bits per heavy atom. The fraction of sp³-hybridized carbons (Fsp3) is 0.118. The zero-order valence-corrected chi connectivity index (χ0v) is 12.0. The minimum atomic E-state index is -0.951. The molecular formula is C17H15NO4. The van der Waals surface area contributed by atoms with E-state index in [0.717, 1.165) is 16.7 Å². The maximum atomic E-state index is 11.2. The lowest BCUT2D eigenvalue weighted by atomic mass is 10.1. The molecule has 0 saturated heterocycles. The van der Waals surface area contributed by atoms with Gasteiger partial charge >= 0.3 is 5.97 Å². The molecule has 0 fully saturated rings. The van der Waals surface area contributed by atoms with Crippen molar-refractivity contribution in [3.05, 3.63) is 59.8 Å². The molecule has 2 aromatic carbocycles. The second-order valence-corrected chi connectivity index (χ2v) is 4.81. The number of ether oxygens (including phenoxy) is 2. The van der Waals surface area contributed by atoms with Gasteiger partial charge in [-0.2, -0.15) is 0 Å². The maximum absolute atomic E-state index is 11.2. The topological polar surface area (TPSA) is 71.5 Å². The van der Waals surface area contributed by atoms with E-state index in [1.54, 1.807) is 31.5 Å². The van der Waals surface area contributed by atoms with Crippen molar-refractivity contribution in [2.24, 2.45) is 0 Å². The average molecular weight is 297 g/mol. The normalized spacial score (nSPS) is 10.6. The number of rotatable bonds is 5. The van der Waals surface area contributed by atoms with Crippen LogP contribution in [0.3, 0.4) is 0 Å². The smallest absolute Gasteiger partial charge is 0.337 e. The minimum Gasteiger partial charge on any atom is -0.497 e. The number of benzene rings is 2. The molecule has 3 aromatic rings. The molecule has 0 aliphatic heterocycles. The zero-order chi connectivity index (χ0) is 15.5.